The molecule has 2 aromatic rings. The number of allylic oxidation sites excluding steroid dienone is 1. The van der Waals surface area contributed by atoms with Crippen molar-refractivity contribution in [1.29, 1.82) is 0 Å². The molecule has 1 amide bonds. The Labute approximate surface area is 175 Å². The number of hydrogen-bond donors (Lipinski definition) is 0. The van der Waals surface area contributed by atoms with Gasteiger partial charge in [0, 0.05) is 18.0 Å². The standard InChI is InChI=1S/C23H18F3NO4/c24-23(25,26)20-6-5-14(31-20)11-27-17-4-2-1-3-15(17)22(21(27)28)12-30-19-10-18-13(7-8-29-18)9-16(19)22/h1-6,9-10,16,19H,7-8,11-12H2. The van der Waals surface area contributed by atoms with Crippen molar-refractivity contribution in [2.45, 2.75) is 30.7 Å². The van der Waals surface area contributed by atoms with Crippen molar-refractivity contribution in [1.82, 2.24) is 0 Å². The monoisotopic (exact) mass is 429 g/mol. The van der Waals surface area contributed by atoms with Gasteiger partial charge in [-0.2, -0.15) is 13.2 Å². The summed E-state index contributed by atoms with van der Waals surface area (Å²) in [5.74, 6) is -0.550. The predicted octanol–water partition coefficient (Wildman–Crippen LogP) is 4.34. The minimum Gasteiger partial charge on any atom is -0.493 e. The molecule has 31 heavy (non-hydrogen) atoms. The summed E-state index contributed by atoms with van der Waals surface area (Å²) in [6.45, 7) is 0.737. The second kappa shape index (κ2) is 6.26. The molecular weight excluding hydrogens is 411 g/mol. The Morgan fingerprint density at radius 3 is 2.77 bits per heavy atom. The van der Waals surface area contributed by atoms with E-state index in [9.17, 15) is 18.0 Å². The number of alkyl halides is 3. The Bertz CT molecular complexity index is 1150. The molecule has 1 aliphatic carbocycles. The summed E-state index contributed by atoms with van der Waals surface area (Å²) in [7, 11) is 0. The van der Waals surface area contributed by atoms with E-state index in [1.165, 1.54) is 11.0 Å². The Balaban J connectivity index is 1.40. The van der Waals surface area contributed by atoms with Gasteiger partial charge in [0.1, 0.15) is 16.9 Å². The third-order valence-corrected chi connectivity index (χ3v) is 6.63. The first-order chi connectivity index (χ1) is 14.9. The average Bonchev–Trinajstić information content (AvgIpc) is 3.50. The highest BCUT2D eigenvalue weighted by Gasteiger charge is 2.61. The summed E-state index contributed by atoms with van der Waals surface area (Å²) in [6, 6.07) is 9.57. The number of ether oxygens (including phenoxy) is 2. The van der Waals surface area contributed by atoms with Gasteiger partial charge in [0.15, 0.2) is 0 Å². The Morgan fingerprint density at radius 1 is 1.13 bits per heavy atom. The van der Waals surface area contributed by atoms with E-state index < -0.39 is 17.4 Å². The van der Waals surface area contributed by atoms with Gasteiger partial charge in [0.05, 0.1) is 25.9 Å². The van der Waals surface area contributed by atoms with E-state index in [1.807, 2.05) is 30.3 Å². The van der Waals surface area contributed by atoms with Crippen LogP contribution < -0.4 is 4.90 Å². The number of amides is 1. The third-order valence-electron chi connectivity index (χ3n) is 6.63. The van der Waals surface area contributed by atoms with Gasteiger partial charge in [-0.05, 0) is 35.4 Å². The number of furan rings is 1. The second-order valence-electron chi connectivity index (χ2n) is 8.27. The number of nitrogens with zero attached hydrogens (tertiary/aromatic N) is 1. The minimum absolute atomic E-state index is 0.0775. The summed E-state index contributed by atoms with van der Waals surface area (Å²) in [5.41, 5.74) is 1.68. The molecule has 3 unspecified atom stereocenters. The number of halogens is 3. The Kier molecular flexibility index (Phi) is 3.78. The topological polar surface area (TPSA) is 51.9 Å². The summed E-state index contributed by atoms with van der Waals surface area (Å²) >= 11 is 0. The number of carbonyl (C=O) groups excluding carboxylic acids is 1. The van der Waals surface area contributed by atoms with Crippen LogP contribution >= 0.6 is 0 Å². The number of carbonyl (C=O) groups is 1. The van der Waals surface area contributed by atoms with Gasteiger partial charge in [-0.1, -0.05) is 24.3 Å². The molecule has 160 valence electrons. The highest BCUT2D eigenvalue weighted by molar-refractivity contribution is 6.09. The molecule has 2 fully saturated rings. The number of rotatable bonds is 2. The summed E-state index contributed by atoms with van der Waals surface area (Å²) in [5, 5.41) is 0. The zero-order valence-corrected chi connectivity index (χ0v) is 16.3. The van der Waals surface area contributed by atoms with Crippen molar-refractivity contribution in [3.63, 3.8) is 0 Å². The summed E-state index contributed by atoms with van der Waals surface area (Å²) in [4.78, 5) is 15.4. The van der Waals surface area contributed by atoms with Crippen molar-refractivity contribution >= 4 is 11.6 Å². The average molecular weight is 429 g/mol. The molecule has 6 rings (SSSR count). The van der Waals surface area contributed by atoms with Crippen molar-refractivity contribution in [2.75, 3.05) is 18.1 Å². The van der Waals surface area contributed by atoms with Crippen LogP contribution in [0.1, 0.15) is 23.5 Å². The fraction of sp³-hybridized carbons (Fsp3) is 0.348. The quantitative estimate of drug-likeness (QED) is 0.713. The van der Waals surface area contributed by atoms with Crippen LogP contribution in [0.2, 0.25) is 0 Å². The molecule has 0 N–H and O–H groups in total. The maximum atomic E-state index is 13.8. The molecule has 0 radical (unpaired) electrons. The molecule has 1 spiro atoms. The van der Waals surface area contributed by atoms with Gasteiger partial charge < -0.3 is 18.8 Å². The normalized spacial score (nSPS) is 28.9. The molecule has 0 bridgehead atoms. The van der Waals surface area contributed by atoms with E-state index in [1.54, 1.807) is 0 Å². The fourth-order valence-corrected chi connectivity index (χ4v) is 5.21. The molecule has 1 aromatic heterocycles. The van der Waals surface area contributed by atoms with Crippen LogP contribution in [0.5, 0.6) is 0 Å². The number of fused-ring (bicyclic) bond motifs is 5. The van der Waals surface area contributed by atoms with Crippen LogP contribution in [0.3, 0.4) is 0 Å². The highest BCUT2D eigenvalue weighted by Crippen LogP contribution is 2.54. The molecule has 1 aromatic carbocycles. The molecule has 0 saturated carbocycles. The number of benzene rings is 1. The Morgan fingerprint density at radius 2 is 1.97 bits per heavy atom. The molecular formula is C23H18F3NO4. The fourth-order valence-electron chi connectivity index (χ4n) is 5.21. The zero-order chi connectivity index (χ0) is 21.4. The third kappa shape index (κ3) is 2.57. The molecule has 2 saturated heterocycles. The van der Waals surface area contributed by atoms with Crippen LogP contribution in [0.4, 0.5) is 18.9 Å². The molecule has 4 aliphatic rings. The first-order valence-electron chi connectivity index (χ1n) is 10.1. The largest absolute Gasteiger partial charge is 0.493 e. The van der Waals surface area contributed by atoms with Crippen LogP contribution in [-0.4, -0.2) is 25.2 Å². The van der Waals surface area contributed by atoms with Crippen LogP contribution in [0.25, 0.3) is 0 Å². The van der Waals surface area contributed by atoms with Gasteiger partial charge in [0.2, 0.25) is 11.7 Å². The molecule has 4 heterocycles. The van der Waals surface area contributed by atoms with E-state index in [2.05, 4.69) is 6.08 Å². The lowest BCUT2D eigenvalue weighted by Gasteiger charge is -2.30. The molecule has 5 nitrogen and oxygen atoms in total. The van der Waals surface area contributed by atoms with E-state index in [0.717, 1.165) is 29.4 Å². The van der Waals surface area contributed by atoms with E-state index in [0.29, 0.717) is 12.3 Å². The smallest absolute Gasteiger partial charge is 0.449 e. The lowest BCUT2D eigenvalue weighted by molar-refractivity contribution is -0.153. The van der Waals surface area contributed by atoms with E-state index in [4.69, 9.17) is 13.9 Å². The molecule has 3 atom stereocenters. The van der Waals surface area contributed by atoms with Gasteiger partial charge in [-0.15, -0.1) is 0 Å². The lowest BCUT2D eigenvalue weighted by Crippen LogP contribution is -2.46. The molecule has 3 aliphatic heterocycles. The van der Waals surface area contributed by atoms with Crippen molar-refractivity contribution in [2.24, 2.45) is 5.92 Å². The summed E-state index contributed by atoms with van der Waals surface area (Å²) < 4.78 is 55.6. The van der Waals surface area contributed by atoms with E-state index in [-0.39, 0.29) is 36.8 Å². The number of hydrogen-bond acceptors (Lipinski definition) is 4. The van der Waals surface area contributed by atoms with Gasteiger partial charge in [-0.3, -0.25) is 4.79 Å². The van der Waals surface area contributed by atoms with E-state index >= 15 is 0 Å². The van der Waals surface area contributed by atoms with Gasteiger partial charge >= 0.3 is 6.18 Å². The predicted molar refractivity (Wildman–Crippen MR) is 103 cm³/mol. The lowest BCUT2D eigenvalue weighted by atomic mass is 9.69. The van der Waals surface area contributed by atoms with Crippen LogP contribution in [-0.2, 0) is 32.4 Å². The first-order valence-corrected chi connectivity index (χ1v) is 10.1. The Hall–Kier alpha value is -3.00. The number of anilines is 1. The van der Waals surface area contributed by atoms with Crippen molar-refractivity contribution in [3.8, 4) is 0 Å². The van der Waals surface area contributed by atoms with Crippen molar-refractivity contribution < 1.29 is 31.9 Å². The van der Waals surface area contributed by atoms with Gasteiger partial charge in [0.25, 0.3) is 0 Å². The SMILES string of the molecule is O=C1N(Cc2ccc(C(F)(F)F)o2)c2ccccc2C12COC1C=C3OCCC3=CC12. The zero-order valence-electron chi connectivity index (χ0n) is 16.3. The second-order valence-corrected chi connectivity index (χ2v) is 8.27. The van der Waals surface area contributed by atoms with Crippen molar-refractivity contribution in [3.05, 3.63) is 77.0 Å². The van der Waals surface area contributed by atoms with Gasteiger partial charge in [-0.25, -0.2) is 0 Å². The summed E-state index contributed by atoms with van der Waals surface area (Å²) in [6.07, 6.45) is -0.0260. The van der Waals surface area contributed by atoms with Crippen LogP contribution in [0, 0.1) is 5.92 Å². The first kappa shape index (κ1) is 18.7. The highest BCUT2D eigenvalue weighted by atomic mass is 19.4. The maximum absolute atomic E-state index is 13.8. The number of para-hydroxylation sites is 1. The van der Waals surface area contributed by atoms with Crippen LogP contribution in [0.15, 0.2) is 64.3 Å². The maximum Gasteiger partial charge on any atom is 0.449 e. The molecule has 8 heteroatoms. The minimum atomic E-state index is -4.57.